The van der Waals surface area contributed by atoms with Crippen molar-refractivity contribution >= 4 is 15.7 Å². The number of fused-ring (bicyclic) bond motifs is 1. The summed E-state index contributed by atoms with van der Waals surface area (Å²) in [5.41, 5.74) is 0.508. The highest BCUT2D eigenvalue weighted by Gasteiger charge is 2.27. The third-order valence-corrected chi connectivity index (χ3v) is 4.50. The fourth-order valence-corrected chi connectivity index (χ4v) is 3.24. The highest BCUT2D eigenvalue weighted by molar-refractivity contribution is 7.93. The lowest BCUT2D eigenvalue weighted by Gasteiger charge is -2.25. The molecule has 0 bridgehead atoms. The first-order valence-corrected chi connectivity index (χ1v) is 7.15. The van der Waals surface area contributed by atoms with Gasteiger partial charge in [0.25, 0.3) is 10.0 Å². The number of rotatable bonds is 2. The van der Waals surface area contributed by atoms with Crippen molar-refractivity contribution in [3.63, 3.8) is 0 Å². The van der Waals surface area contributed by atoms with Gasteiger partial charge in [0.15, 0.2) is 5.75 Å². The normalized spacial score (nSPS) is 13.8. The molecule has 5 heteroatoms. The van der Waals surface area contributed by atoms with Gasteiger partial charge in [0.05, 0.1) is 16.8 Å². The van der Waals surface area contributed by atoms with Crippen molar-refractivity contribution in [3.05, 3.63) is 67.1 Å². The van der Waals surface area contributed by atoms with Crippen molar-refractivity contribution < 1.29 is 13.2 Å². The molecule has 19 heavy (non-hydrogen) atoms. The van der Waals surface area contributed by atoms with Crippen LogP contribution < -0.4 is 9.04 Å². The van der Waals surface area contributed by atoms with Crippen LogP contribution in [-0.4, -0.2) is 8.42 Å². The first-order valence-electron chi connectivity index (χ1n) is 5.71. The van der Waals surface area contributed by atoms with Crippen LogP contribution >= 0.6 is 0 Å². The van der Waals surface area contributed by atoms with E-state index in [0.29, 0.717) is 11.4 Å². The molecule has 0 spiro atoms. The number of anilines is 1. The first-order chi connectivity index (χ1) is 9.19. The molecule has 2 aromatic rings. The Morgan fingerprint density at radius 1 is 0.895 bits per heavy atom. The summed E-state index contributed by atoms with van der Waals surface area (Å²) in [6.07, 6.45) is 2.77. The maximum absolute atomic E-state index is 12.6. The summed E-state index contributed by atoms with van der Waals surface area (Å²) in [6.45, 7) is 0. The molecule has 0 fully saturated rings. The van der Waals surface area contributed by atoms with Crippen LogP contribution in [0.15, 0.2) is 72.0 Å². The quantitative estimate of drug-likeness (QED) is 0.845. The molecular formula is C14H11NO3S. The molecule has 0 saturated carbocycles. The first kappa shape index (κ1) is 11.8. The highest BCUT2D eigenvalue weighted by Crippen LogP contribution is 2.35. The van der Waals surface area contributed by atoms with Crippen molar-refractivity contribution in [1.29, 1.82) is 0 Å². The van der Waals surface area contributed by atoms with Crippen LogP contribution in [-0.2, 0) is 10.0 Å². The predicted molar refractivity (Wildman–Crippen MR) is 72.3 cm³/mol. The second-order valence-corrected chi connectivity index (χ2v) is 5.80. The van der Waals surface area contributed by atoms with Crippen molar-refractivity contribution in [2.24, 2.45) is 0 Å². The van der Waals surface area contributed by atoms with Crippen molar-refractivity contribution in [3.8, 4) is 5.75 Å². The number of hydrogen-bond acceptors (Lipinski definition) is 3. The second-order valence-electron chi connectivity index (χ2n) is 3.98. The fraction of sp³-hybridized carbons (Fsp3) is 0. The van der Waals surface area contributed by atoms with Crippen LogP contribution in [0, 0.1) is 0 Å². The molecular weight excluding hydrogens is 262 g/mol. The molecule has 4 nitrogen and oxygen atoms in total. The molecule has 0 radical (unpaired) electrons. The van der Waals surface area contributed by atoms with E-state index >= 15 is 0 Å². The molecule has 0 N–H and O–H groups in total. The smallest absolute Gasteiger partial charge is 0.268 e. The van der Waals surface area contributed by atoms with Crippen molar-refractivity contribution in [2.45, 2.75) is 4.90 Å². The maximum atomic E-state index is 12.6. The van der Waals surface area contributed by atoms with Gasteiger partial charge in [-0.15, -0.1) is 0 Å². The Balaban J connectivity index is 2.13. The Labute approximate surface area is 111 Å². The standard InChI is InChI=1S/C14H11NO3S/c16-19(17,12-6-2-1-3-7-12)15-10-11-18-14-9-5-4-8-13(14)15/h1-11H. The predicted octanol–water partition coefficient (Wildman–Crippen LogP) is 2.75. The Hall–Kier alpha value is -2.27. The van der Waals surface area contributed by atoms with Gasteiger partial charge in [0, 0.05) is 0 Å². The molecule has 1 heterocycles. The highest BCUT2D eigenvalue weighted by atomic mass is 32.2. The van der Waals surface area contributed by atoms with Gasteiger partial charge in [0.2, 0.25) is 0 Å². The van der Waals surface area contributed by atoms with Crippen molar-refractivity contribution in [1.82, 2.24) is 0 Å². The molecule has 0 atom stereocenters. The van der Waals surface area contributed by atoms with Gasteiger partial charge in [-0.25, -0.2) is 12.7 Å². The van der Waals surface area contributed by atoms with Gasteiger partial charge in [0.1, 0.15) is 6.26 Å². The SMILES string of the molecule is O=S(=O)(c1ccccc1)N1C=COc2ccccc21. The number of benzene rings is 2. The zero-order valence-electron chi connectivity index (χ0n) is 9.93. The average Bonchev–Trinajstić information content (AvgIpc) is 2.47. The molecule has 0 aliphatic carbocycles. The third kappa shape index (κ3) is 1.98. The molecule has 1 aliphatic rings. The van der Waals surface area contributed by atoms with E-state index in [2.05, 4.69) is 0 Å². The van der Waals surface area contributed by atoms with Crippen molar-refractivity contribution in [2.75, 3.05) is 4.31 Å². The van der Waals surface area contributed by atoms with E-state index < -0.39 is 10.0 Å². The Kier molecular flexibility index (Phi) is 2.76. The lowest BCUT2D eigenvalue weighted by atomic mass is 10.3. The summed E-state index contributed by atoms with van der Waals surface area (Å²) in [7, 11) is -3.61. The Morgan fingerprint density at radius 2 is 1.58 bits per heavy atom. The molecule has 3 rings (SSSR count). The number of ether oxygens (including phenoxy) is 1. The van der Waals surface area contributed by atoms with Gasteiger partial charge in [-0.3, -0.25) is 0 Å². The summed E-state index contributed by atoms with van der Waals surface area (Å²) < 4.78 is 31.7. The topological polar surface area (TPSA) is 46.6 Å². The van der Waals surface area contributed by atoms with E-state index in [-0.39, 0.29) is 4.90 Å². The minimum atomic E-state index is -3.61. The van der Waals surface area contributed by atoms with Crippen LogP contribution in [0.2, 0.25) is 0 Å². The van der Waals surface area contributed by atoms with Gasteiger partial charge in [-0.2, -0.15) is 0 Å². The van der Waals surface area contributed by atoms with Crippen LogP contribution in [0.25, 0.3) is 0 Å². The summed E-state index contributed by atoms with van der Waals surface area (Å²) >= 11 is 0. The lowest BCUT2D eigenvalue weighted by Crippen LogP contribution is -2.27. The van der Waals surface area contributed by atoms with Gasteiger partial charge >= 0.3 is 0 Å². The van der Waals surface area contributed by atoms with E-state index in [9.17, 15) is 8.42 Å². The zero-order valence-corrected chi connectivity index (χ0v) is 10.7. The monoisotopic (exact) mass is 273 g/mol. The molecule has 0 aromatic heterocycles. The van der Waals surface area contributed by atoms with E-state index in [1.807, 2.05) is 0 Å². The van der Waals surface area contributed by atoms with Crippen LogP contribution in [0.1, 0.15) is 0 Å². The Bertz CT molecular complexity index is 723. The number of para-hydroxylation sites is 2. The van der Waals surface area contributed by atoms with E-state index in [1.165, 1.54) is 16.8 Å². The zero-order chi connectivity index (χ0) is 13.3. The molecule has 2 aromatic carbocycles. The van der Waals surface area contributed by atoms with Gasteiger partial charge in [-0.05, 0) is 24.3 Å². The molecule has 0 amide bonds. The van der Waals surface area contributed by atoms with E-state index in [4.69, 9.17) is 4.74 Å². The van der Waals surface area contributed by atoms with Crippen LogP contribution in [0.5, 0.6) is 5.75 Å². The summed E-state index contributed by atoms with van der Waals surface area (Å²) in [5, 5.41) is 0. The minimum Gasteiger partial charge on any atom is -0.461 e. The van der Waals surface area contributed by atoms with E-state index in [1.54, 1.807) is 54.6 Å². The summed E-state index contributed by atoms with van der Waals surface area (Å²) in [5.74, 6) is 0.518. The largest absolute Gasteiger partial charge is 0.461 e. The molecule has 0 unspecified atom stereocenters. The van der Waals surface area contributed by atoms with Crippen LogP contribution in [0.3, 0.4) is 0 Å². The molecule has 1 aliphatic heterocycles. The minimum absolute atomic E-state index is 0.247. The molecule has 0 saturated heterocycles. The van der Waals surface area contributed by atoms with Gasteiger partial charge < -0.3 is 4.74 Å². The maximum Gasteiger partial charge on any atom is 0.268 e. The lowest BCUT2D eigenvalue weighted by molar-refractivity contribution is 0.473. The van der Waals surface area contributed by atoms with Crippen LogP contribution in [0.4, 0.5) is 5.69 Å². The van der Waals surface area contributed by atoms with Gasteiger partial charge in [-0.1, -0.05) is 30.3 Å². The average molecular weight is 273 g/mol. The number of nitrogens with zero attached hydrogens (tertiary/aromatic N) is 1. The number of hydrogen-bond donors (Lipinski definition) is 0. The second kappa shape index (κ2) is 4.44. The fourth-order valence-electron chi connectivity index (χ4n) is 1.89. The van der Waals surface area contributed by atoms with E-state index in [0.717, 1.165) is 0 Å². The molecule has 96 valence electrons. The number of sulfonamides is 1. The summed E-state index contributed by atoms with van der Waals surface area (Å²) in [4.78, 5) is 0.247. The summed E-state index contributed by atoms with van der Waals surface area (Å²) in [6, 6.07) is 15.3. The Morgan fingerprint density at radius 3 is 2.37 bits per heavy atom. The third-order valence-electron chi connectivity index (χ3n) is 2.79.